The number of fused-ring (bicyclic) bond motifs is 1. The second-order valence-electron chi connectivity index (χ2n) is 5.17. The number of nitrogens with one attached hydrogen (secondary N) is 1. The van der Waals surface area contributed by atoms with Crippen molar-refractivity contribution in [1.82, 2.24) is 0 Å². The standard InChI is InChI=1S/C14H17NO3/c16-9-14(5-1-6-14)13(17)15-11-2-3-12-10(8-11)4-7-18-12/h2-3,8,16H,1,4-7,9H2,(H,15,17). The van der Waals surface area contributed by atoms with Crippen LogP contribution in [-0.4, -0.2) is 24.2 Å². The van der Waals surface area contributed by atoms with Crippen LogP contribution < -0.4 is 10.1 Å². The Morgan fingerprint density at radius 2 is 2.28 bits per heavy atom. The van der Waals surface area contributed by atoms with Gasteiger partial charge in [-0.15, -0.1) is 0 Å². The van der Waals surface area contributed by atoms with E-state index in [1.165, 1.54) is 0 Å². The number of anilines is 1. The Labute approximate surface area is 106 Å². The van der Waals surface area contributed by atoms with E-state index in [4.69, 9.17) is 4.74 Å². The molecule has 0 atom stereocenters. The summed E-state index contributed by atoms with van der Waals surface area (Å²) in [5, 5.41) is 12.3. The van der Waals surface area contributed by atoms with E-state index in [9.17, 15) is 9.90 Å². The van der Waals surface area contributed by atoms with Crippen molar-refractivity contribution in [3.63, 3.8) is 0 Å². The molecule has 4 nitrogen and oxygen atoms in total. The van der Waals surface area contributed by atoms with Crippen LogP contribution in [0.3, 0.4) is 0 Å². The van der Waals surface area contributed by atoms with Crippen LogP contribution in [0.5, 0.6) is 5.75 Å². The van der Waals surface area contributed by atoms with Gasteiger partial charge in [-0.2, -0.15) is 0 Å². The summed E-state index contributed by atoms with van der Waals surface area (Å²) in [5.41, 5.74) is 1.39. The number of hydrogen-bond acceptors (Lipinski definition) is 3. The molecule has 3 rings (SSSR count). The van der Waals surface area contributed by atoms with Gasteiger partial charge in [0.1, 0.15) is 5.75 Å². The largest absolute Gasteiger partial charge is 0.493 e. The topological polar surface area (TPSA) is 58.6 Å². The Balaban J connectivity index is 1.74. The third-order valence-electron chi connectivity index (χ3n) is 4.04. The molecule has 2 aliphatic rings. The maximum atomic E-state index is 12.1. The number of hydrogen-bond donors (Lipinski definition) is 2. The molecule has 1 fully saturated rings. The third kappa shape index (κ3) is 1.77. The van der Waals surface area contributed by atoms with Gasteiger partial charge in [-0.3, -0.25) is 4.79 Å². The van der Waals surface area contributed by atoms with Gasteiger partial charge in [-0.1, -0.05) is 6.42 Å². The van der Waals surface area contributed by atoms with Crippen molar-refractivity contribution in [3.05, 3.63) is 23.8 Å². The van der Waals surface area contributed by atoms with E-state index in [1.54, 1.807) is 0 Å². The second kappa shape index (κ2) is 4.28. The molecule has 4 heteroatoms. The van der Waals surface area contributed by atoms with Gasteiger partial charge < -0.3 is 15.2 Å². The smallest absolute Gasteiger partial charge is 0.232 e. The number of carbonyl (C=O) groups excluding carboxylic acids is 1. The van der Waals surface area contributed by atoms with Crippen LogP contribution in [0.25, 0.3) is 0 Å². The zero-order valence-corrected chi connectivity index (χ0v) is 10.2. The molecule has 1 aromatic rings. The molecule has 96 valence electrons. The molecule has 1 aliphatic carbocycles. The summed E-state index contributed by atoms with van der Waals surface area (Å²) in [6, 6.07) is 5.71. The Hall–Kier alpha value is -1.55. The Morgan fingerprint density at radius 1 is 1.44 bits per heavy atom. The van der Waals surface area contributed by atoms with Crippen molar-refractivity contribution in [2.75, 3.05) is 18.5 Å². The van der Waals surface area contributed by atoms with Crippen LogP contribution in [0, 0.1) is 5.41 Å². The predicted molar refractivity (Wildman–Crippen MR) is 67.6 cm³/mol. The van der Waals surface area contributed by atoms with E-state index in [0.29, 0.717) is 6.61 Å². The highest BCUT2D eigenvalue weighted by Gasteiger charge is 2.43. The quantitative estimate of drug-likeness (QED) is 0.855. The fourth-order valence-corrected chi connectivity index (χ4v) is 2.59. The lowest BCUT2D eigenvalue weighted by Crippen LogP contribution is -2.44. The number of rotatable bonds is 3. The van der Waals surface area contributed by atoms with E-state index in [-0.39, 0.29) is 12.5 Å². The fourth-order valence-electron chi connectivity index (χ4n) is 2.59. The van der Waals surface area contributed by atoms with Crippen LogP contribution in [-0.2, 0) is 11.2 Å². The highest BCUT2D eigenvalue weighted by atomic mass is 16.5. The molecule has 0 radical (unpaired) electrons. The lowest BCUT2D eigenvalue weighted by atomic mass is 9.68. The van der Waals surface area contributed by atoms with Crippen LogP contribution in [0.4, 0.5) is 5.69 Å². The summed E-state index contributed by atoms with van der Waals surface area (Å²) in [6.45, 7) is 0.653. The monoisotopic (exact) mass is 247 g/mol. The minimum absolute atomic E-state index is 0.0601. The molecule has 0 spiro atoms. The Morgan fingerprint density at radius 3 is 2.94 bits per heavy atom. The average molecular weight is 247 g/mol. The van der Waals surface area contributed by atoms with Crippen molar-refractivity contribution < 1.29 is 14.6 Å². The maximum absolute atomic E-state index is 12.1. The Bertz CT molecular complexity index is 474. The summed E-state index contributed by atoms with van der Waals surface area (Å²) >= 11 is 0. The summed E-state index contributed by atoms with van der Waals surface area (Å²) in [4.78, 5) is 12.1. The van der Waals surface area contributed by atoms with Gasteiger partial charge >= 0.3 is 0 Å². The highest BCUT2D eigenvalue weighted by Crippen LogP contribution is 2.41. The van der Waals surface area contributed by atoms with Crippen LogP contribution >= 0.6 is 0 Å². The number of aliphatic hydroxyl groups is 1. The highest BCUT2D eigenvalue weighted by molar-refractivity contribution is 5.96. The summed E-state index contributed by atoms with van der Waals surface area (Å²) in [5.74, 6) is 0.851. The molecule has 18 heavy (non-hydrogen) atoms. The van der Waals surface area contributed by atoms with E-state index in [1.807, 2.05) is 18.2 Å². The number of amides is 1. The van der Waals surface area contributed by atoms with Gasteiger partial charge in [0, 0.05) is 12.1 Å². The van der Waals surface area contributed by atoms with Crippen molar-refractivity contribution in [2.45, 2.75) is 25.7 Å². The molecule has 1 amide bonds. The van der Waals surface area contributed by atoms with Gasteiger partial charge in [0.15, 0.2) is 0 Å². The fraction of sp³-hybridized carbons (Fsp3) is 0.500. The van der Waals surface area contributed by atoms with E-state index in [0.717, 1.165) is 42.7 Å². The van der Waals surface area contributed by atoms with E-state index in [2.05, 4.69) is 5.32 Å². The van der Waals surface area contributed by atoms with E-state index >= 15 is 0 Å². The van der Waals surface area contributed by atoms with Gasteiger partial charge in [-0.05, 0) is 36.6 Å². The number of aliphatic hydroxyl groups excluding tert-OH is 1. The third-order valence-corrected chi connectivity index (χ3v) is 4.04. The molecular formula is C14H17NO3. The molecule has 0 aromatic heterocycles. The molecule has 1 saturated carbocycles. The minimum Gasteiger partial charge on any atom is -0.493 e. The molecule has 2 N–H and O–H groups in total. The number of benzene rings is 1. The summed E-state index contributed by atoms with van der Waals surface area (Å²) in [7, 11) is 0. The summed E-state index contributed by atoms with van der Waals surface area (Å²) < 4.78 is 5.43. The van der Waals surface area contributed by atoms with Crippen molar-refractivity contribution >= 4 is 11.6 Å². The SMILES string of the molecule is O=C(Nc1ccc2c(c1)CCO2)C1(CO)CCC1. The van der Waals surface area contributed by atoms with Crippen LogP contribution in [0.15, 0.2) is 18.2 Å². The predicted octanol–water partition coefficient (Wildman–Crippen LogP) is 1.72. The first kappa shape index (κ1) is 11.5. The number of ether oxygens (including phenoxy) is 1. The first-order valence-corrected chi connectivity index (χ1v) is 6.42. The maximum Gasteiger partial charge on any atom is 0.232 e. The molecule has 1 aromatic carbocycles. The molecule has 1 heterocycles. The average Bonchev–Trinajstić information content (AvgIpc) is 2.75. The Kier molecular flexibility index (Phi) is 2.74. The van der Waals surface area contributed by atoms with Crippen molar-refractivity contribution in [2.24, 2.45) is 5.41 Å². The molecule has 0 unspecified atom stereocenters. The zero-order chi connectivity index (χ0) is 12.6. The van der Waals surface area contributed by atoms with Crippen molar-refractivity contribution in [3.8, 4) is 5.75 Å². The molecule has 0 saturated heterocycles. The molecule has 1 aliphatic heterocycles. The lowest BCUT2D eigenvalue weighted by molar-refractivity contribution is -0.133. The zero-order valence-electron chi connectivity index (χ0n) is 10.2. The first-order valence-electron chi connectivity index (χ1n) is 6.42. The lowest BCUT2D eigenvalue weighted by Gasteiger charge is -2.38. The van der Waals surface area contributed by atoms with Gasteiger partial charge in [0.05, 0.1) is 18.6 Å². The van der Waals surface area contributed by atoms with E-state index < -0.39 is 5.41 Å². The first-order chi connectivity index (χ1) is 8.73. The normalized spacial score (nSPS) is 19.6. The summed E-state index contributed by atoms with van der Waals surface area (Å²) in [6.07, 6.45) is 3.48. The number of carbonyl (C=O) groups is 1. The van der Waals surface area contributed by atoms with Crippen molar-refractivity contribution in [1.29, 1.82) is 0 Å². The molecular weight excluding hydrogens is 230 g/mol. The van der Waals surface area contributed by atoms with Gasteiger partial charge in [0.2, 0.25) is 5.91 Å². The molecule has 0 bridgehead atoms. The minimum atomic E-state index is -0.546. The van der Waals surface area contributed by atoms with Crippen LogP contribution in [0.1, 0.15) is 24.8 Å². The van der Waals surface area contributed by atoms with Gasteiger partial charge in [-0.25, -0.2) is 0 Å². The second-order valence-corrected chi connectivity index (χ2v) is 5.17. The van der Waals surface area contributed by atoms with Gasteiger partial charge in [0.25, 0.3) is 0 Å². The van der Waals surface area contributed by atoms with Crippen LogP contribution in [0.2, 0.25) is 0 Å².